The van der Waals surface area contributed by atoms with E-state index in [4.69, 9.17) is 0 Å². The summed E-state index contributed by atoms with van der Waals surface area (Å²) in [7, 11) is 6.61. The number of nitrogens with one attached hydrogen (secondary N) is 1. The van der Waals surface area contributed by atoms with Crippen LogP contribution in [0.1, 0.15) is 46.0 Å². The Hall–Kier alpha value is -0.120. The van der Waals surface area contributed by atoms with Gasteiger partial charge in [0, 0.05) is 25.7 Å². The van der Waals surface area contributed by atoms with Gasteiger partial charge in [-0.25, -0.2) is 0 Å². The lowest BCUT2D eigenvalue weighted by Crippen LogP contribution is -2.46. The van der Waals surface area contributed by atoms with Crippen molar-refractivity contribution in [3.05, 3.63) is 0 Å². The standard InChI is InChI=1S/C17H37N3/c1-6-10-18-17-9-8-15(7-2)13-16(17)14-20(5)12-11-19(3)4/h15-18H,6-14H2,1-5H3. The van der Waals surface area contributed by atoms with Crippen LogP contribution in [0.2, 0.25) is 0 Å². The third kappa shape index (κ3) is 6.55. The first-order chi connectivity index (χ1) is 9.56. The summed E-state index contributed by atoms with van der Waals surface area (Å²) in [5.74, 6) is 1.80. The molecule has 20 heavy (non-hydrogen) atoms. The van der Waals surface area contributed by atoms with Gasteiger partial charge in [0.05, 0.1) is 0 Å². The third-order valence-corrected chi connectivity index (χ3v) is 4.80. The monoisotopic (exact) mass is 283 g/mol. The molecule has 3 atom stereocenters. The fraction of sp³-hybridized carbons (Fsp3) is 1.00. The van der Waals surface area contributed by atoms with Crippen molar-refractivity contribution < 1.29 is 0 Å². The van der Waals surface area contributed by atoms with Gasteiger partial charge in [-0.05, 0) is 65.2 Å². The Kier molecular flexibility index (Phi) is 8.74. The molecule has 0 aromatic heterocycles. The minimum atomic E-state index is 0.750. The van der Waals surface area contributed by atoms with Crippen LogP contribution in [0.25, 0.3) is 0 Å². The topological polar surface area (TPSA) is 18.5 Å². The van der Waals surface area contributed by atoms with Crippen LogP contribution in [0.5, 0.6) is 0 Å². The van der Waals surface area contributed by atoms with Gasteiger partial charge in [-0.3, -0.25) is 0 Å². The van der Waals surface area contributed by atoms with E-state index >= 15 is 0 Å². The molecule has 3 unspecified atom stereocenters. The van der Waals surface area contributed by atoms with Crippen molar-refractivity contribution in [1.82, 2.24) is 15.1 Å². The van der Waals surface area contributed by atoms with Crippen molar-refractivity contribution >= 4 is 0 Å². The summed E-state index contributed by atoms with van der Waals surface area (Å²) in [5.41, 5.74) is 0. The lowest BCUT2D eigenvalue weighted by atomic mass is 9.76. The highest BCUT2D eigenvalue weighted by Gasteiger charge is 2.29. The van der Waals surface area contributed by atoms with Gasteiger partial charge >= 0.3 is 0 Å². The molecule has 0 aromatic carbocycles. The van der Waals surface area contributed by atoms with Crippen LogP contribution in [-0.2, 0) is 0 Å². The first-order valence-corrected chi connectivity index (χ1v) is 8.63. The second-order valence-electron chi connectivity index (χ2n) is 6.97. The normalized spacial score (nSPS) is 27.4. The zero-order chi connectivity index (χ0) is 15.0. The molecule has 0 saturated heterocycles. The fourth-order valence-electron chi connectivity index (χ4n) is 3.39. The van der Waals surface area contributed by atoms with Gasteiger partial charge in [0.15, 0.2) is 0 Å². The van der Waals surface area contributed by atoms with Gasteiger partial charge in [0.1, 0.15) is 0 Å². The SMILES string of the molecule is CCCNC1CCC(CC)CC1CN(C)CCN(C)C. The Morgan fingerprint density at radius 2 is 1.80 bits per heavy atom. The van der Waals surface area contributed by atoms with Gasteiger partial charge in [0.2, 0.25) is 0 Å². The van der Waals surface area contributed by atoms with Crippen molar-refractivity contribution in [2.24, 2.45) is 11.8 Å². The van der Waals surface area contributed by atoms with Crippen molar-refractivity contribution in [1.29, 1.82) is 0 Å². The first kappa shape index (κ1) is 17.9. The minimum Gasteiger partial charge on any atom is -0.314 e. The van der Waals surface area contributed by atoms with E-state index < -0.39 is 0 Å². The van der Waals surface area contributed by atoms with Crippen LogP contribution in [0.15, 0.2) is 0 Å². The van der Waals surface area contributed by atoms with Crippen molar-refractivity contribution in [2.45, 2.75) is 52.0 Å². The molecule has 1 aliphatic rings. The Balaban J connectivity index is 2.45. The van der Waals surface area contributed by atoms with Crippen LogP contribution in [0.3, 0.4) is 0 Å². The molecule has 1 fully saturated rings. The largest absolute Gasteiger partial charge is 0.314 e. The molecule has 0 amide bonds. The summed E-state index contributed by atoms with van der Waals surface area (Å²) in [5, 5.41) is 3.80. The van der Waals surface area contributed by atoms with E-state index in [0.717, 1.165) is 24.4 Å². The number of hydrogen-bond donors (Lipinski definition) is 1. The quantitative estimate of drug-likeness (QED) is 0.702. The third-order valence-electron chi connectivity index (χ3n) is 4.80. The average molecular weight is 284 g/mol. The van der Waals surface area contributed by atoms with Crippen molar-refractivity contribution in [2.75, 3.05) is 47.3 Å². The average Bonchev–Trinajstić information content (AvgIpc) is 2.43. The molecule has 1 rings (SSSR count). The highest BCUT2D eigenvalue weighted by Crippen LogP contribution is 2.31. The maximum Gasteiger partial charge on any atom is 0.0108 e. The van der Waals surface area contributed by atoms with Gasteiger partial charge in [-0.15, -0.1) is 0 Å². The van der Waals surface area contributed by atoms with Gasteiger partial charge in [-0.2, -0.15) is 0 Å². The molecule has 0 heterocycles. The molecule has 3 nitrogen and oxygen atoms in total. The Bertz CT molecular complexity index is 242. The van der Waals surface area contributed by atoms with Crippen molar-refractivity contribution in [3.8, 4) is 0 Å². The summed E-state index contributed by atoms with van der Waals surface area (Å²) < 4.78 is 0. The van der Waals surface area contributed by atoms with E-state index in [1.54, 1.807) is 0 Å². The molecule has 3 heteroatoms. The van der Waals surface area contributed by atoms with Crippen LogP contribution >= 0.6 is 0 Å². The number of likely N-dealkylation sites (N-methyl/N-ethyl adjacent to an activating group) is 2. The van der Waals surface area contributed by atoms with Gasteiger partial charge < -0.3 is 15.1 Å². The Morgan fingerprint density at radius 1 is 1.05 bits per heavy atom. The summed E-state index contributed by atoms with van der Waals surface area (Å²) in [6, 6.07) is 0.750. The lowest BCUT2D eigenvalue weighted by molar-refractivity contribution is 0.147. The summed E-state index contributed by atoms with van der Waals surface area (Å²) in [6.45, 7) is 9.40. The summed E-state index contributed by atoms with van der Waals surface area (Å²) in [4.78, 5) is 4.81. The highest BCUT2D eigenvalue weighted by atomic mass is 15.2. The number of rotatable bonds is 9. The van der Waals surface area contributed by atoms with Crippen molar-refractivity contribution in [3.63, 3.8) is 0 Å². The van der Waals surface area contributed by atoms with Crippen LogP contribution in [0.4, 0.5) is 0 Å². The first-order valence-electron chi connectivity index (χ1n) is 8.63. The van der Waals surface area contributed by atoms with E-state index in [9.17, 15) is 0 Å². The summed E-state index contributed by atoms with van der Waals surface area (Å²) >= 11 is 0. The number of hydrogen-bond acceptors (Lipinski definition) is 3. The molecule has 0 bridgehead atoms. The zero-order valence-corrected chi connectivity index (χ0v) is 14.5. The molecule has 0 radical (unpaired) electrons. The van der Waals surface area contributed by atoms with E-state index in [1.165, 1.54) is 51.7 Å². The van der Waals surface area contributed by atoms with Gasteiger partial charge in [-0.1, -0.05) is 20.3 Å². The molecule has 120 valence electrons. The Labute approximate surface area is 127 Å². The molecule has 1 saturated carbocycles. The highest BCUT2D eigenvalue weighted by molar-refractivity contribution is 4.86. The van der Waals surface area contributed by atoms with E-state index in [2.05, 4.69) is 50.1 Å². The predicted molar refractivity (Wildman–Crippen MR) is 89.3 cm³/mol. The van der Waals surface area contributed by atoms with E-state index in [0.29, 0.717) is 0 Å². The maximum absolute atomic E-state index is 3.80. The zero-order valence-electron chi connectivity index (χ0n) is 14.5. The molecular weight excluding hydrogens is 246 g/mol. The molecule has 1 N–H and O–H groups in total. The van der Waals surface area contributed by atoms with Crippen LogP contribution < -0.4 is 5.32 Å². The number of nitrogens with zero attached hydrogens (tertiary/aromatic N) is 2. The second-order valence-corrected chi connectivity index (χ2v) is 6.97. The van der Waals surface area contributed by atoms with Crippen LogP contribution in [0, 0.1) is 11.8 Å². The minimum absolute atomic E-state index is 0.750. The molecular formula is C17H37N3. The van der Waals surface area contributed by atoms with E-state index in [-0.39, 0.29) is 0 Å². The molecule has 0 aliphatic heterocycles. The molecule has 0 aromatic rings. The lowest BCUT2D eigenvalue weighted by Gasteiger charge is -2.38. The summed E-state index contributed by atoms with van der Waals surface area (Å²) in [6.07, 6.45) is 6.83. The maximum atomic E-state index is 3.80. The second kappa shape index (κ2) is 9.75. The Morgan fingerprint density at radius 3 is 2.40 bits per heavy atom. The fourth-order valence-corrected chi connectivity index (χ4v) is 3.39. The molecule has 1 aliphatic carbocycles. The predicted octanol–water partition coefficient (Wildman–Crippen LogP) is 2.67. The smallest absolute Gasteiger partial charge is 0.0108 e. The van der Waals surface area contributed by atoms with Gasteiger partial charge in [0.25, 0.3) is 0 Å². The molecule has 0 spiro atoms. The van der Waals surface area contributed by atoms with E-state index in [1.807, 2.05) is 0 Å². The van der Waals surface area contributed by atoms with Crippen LogP contribution in [-0.4, -0.2) is 63.2 Å².